The maximum Gasteiger partial charge on any atom is 0.267 e. The Labute approximate surface area is 144 Å². The third-order valence-corrected chi connectivity index (χ3v) is 6.78. The molecule has 8 nitrogen and oxygen atoms in total. The van der Waals surface area contributed by atoms with E-state index in [-0.39, 0.29) is 18.2 Å². The number of hydrogen-bond donors (Lipinski definition) is 3. The van der Waals surface area contributed by atoms with Crippen LogP contribution in [0.2, 0.25) is 0 Å². The Bertz CT molecular complexity index is 607. The quantitative estimate of drug-likeness (QED) is 0.434. The van der Waals surface area contributed by atoms with E-state index < -0.39 is 25.4 Å². The van der Waals surface area contributed by atoms with Crippen molar-refractivity contribution >= 4 is 20.1 Å². The van der Waals surface area contributed by atoms with Gasteiger partial charge in [-0.1, -0.05) is 6.42 Å². The molecule has 0 bridgehead atoms. The SMILES string of the molecule is CS(=O)(=O)NC1CCCC(NCOC2CCCC(S(=O)(=O)O)C2)C1. The third-order valence-electron chi connectivity index (χ3n) is 4.75. The predicted octanol–water partition coefficient (Wildman–Crippen LogP) is 0.610. The predicted molar refractivity (Wildman–Crippen MR) is 90.7 cm³/mol. The van der Waals surface area contributed by atoms with Gasteiger partial charge >= 0.3 is 0 Å². The average molecular weight is 385 g/mol. The van der Waals surface area contributed by atoms with Crippen LogP contribution in [0.15, 0.2) is 0 Å². The Morgan fingerprint density at radius 1 is 1.00 bits per heavy atom. The van der Waals surface area contributed by atoms with Crippen molar-refractivity contribution < 1.29 is 26.1 Å². The van der Waals surface area contributed by atoms with E-state index >= 15 is 0 Å². The highest BCUT2D eigenvalue weighted by Gasteiger charge is 2.31. The number of nitrogens with one attached hydrogen (secondary N) is 2. The van der Waals surface area contributed by atoms with Gasteiger partial charge in [0.2, 0.25) is 10.0 Å². The normalized spacial score (nSPS) is 32.6. The lowest BCUT2D eigenvalue weighted by atomic mass is 9.92. The smallest absolute Gasteiger partial charge is 0.267 e. The summed E-state index contributed by atoms with van der Waals surface area (Å²) < 4.78 is 62.6. The van der Waals surface area contributed by atoms with E-state index in [4.69, 9.17) is 9.29 Å². The van der Waals surface area contributed by atoms with Crippen molar-refractivity contribution in [2.24, 2.45) is 0 Å². The van der Waals surface area contributed by atoms with Crippen molar-refractivity contribution in [3.8, 4) is 0 Å². The van der Waals surface area contributed by atoms with Gasteiger partial charge in [0.1, 0.15) is 0 Å². The molecule has 142 valence electrons. The van der Waals surface area contributed by atoms with Gasteiger partial charge in [0, 0.05) is 12.1 Å². The fourth-order valence-corrected chi connectivity index (χ4v) is 5.33. The van der Waals surface area contributed by atoms with Gasteiger partial charge in [0.15, 0.2) is 0 Å². The molecule has 24 heavy (non-hydrogen) atoms. The first kappa shape index (κ1) is 20.1. The highest BCUT2D eigenvalue weighted by Crippen LogP contribution is 2.26. The van der Waals surface area contributed by atoms with Crippen molar-refractivity contribution in [1.29, 1.82) is 0 Å². The van der Waals surface area contributed by atoms with Crippen LogP contribution in [0.1, 0.15) is 51.4 Å². The van der Waals surface area contributed by atoms with Gasteiger partial charge in [0.25, 0.3) is 10.1 Å². The second-order valence-corrected chi connectivity index (χ2v) is 10.4. The molecule has 4 unspecified atom stereocenters. The molecule has 2 saturated carbocycles. The molecule has 10 heteroatoms. The van der Waals surface area contributed by atoms with E-state index in [9.17, 15) is 16.8 Å². The van der Waals surface area contributed by atoms with Crippen LogP contribution in [0, 0.1) is 0 Å². The molecule has 2 fully saturated rings. The second kappa shape index (κ2) is 8.41. The van der Waals surface area contributed by atoms with Gasteiger partial charge in [-0.2, -0.15) is 8.42 Å². The van der Waals surface area contributed by atoms with Crippen LogP contribution >= 0.6 is 0 Å². The molecular weight excluding hydrogens is 356 g/mol. The van der Waals surface area contributed by atoms with Gasteiger partial charge in [-0.05, 0) is 44.9 Å². The van der Waals surface area contributed by atoms with Crippen LogP contribution in [-0.4, -0.2) is 57.8 Å². The van der Waals surface area contributed by atoms with Crippen molar-refractivity contribution in [3.63, 3.8) is 0 Å². The molecule has 0 heterocycles. The van der Waals surface area contributed by atoms with E-state index in [1.807, 2.05) is 0 Å². The summed E-state index contributed by atoms with van der Waals surface area (Å²) in [6.45, 7) is 0.305. The Morgan fingerprint density at radius 3 is 2.33 bits per heavy atom. The fraction of sp³-hybridized carbons (Fsp3) is 1.00. The van der Waals surface area contributed by atoms with Crippen LogP contribution in [0.4, 0.5) is 0 Å². The highest BCUT2D eigenvalue weighted by atomic mass is 32.2. The first-order chi connectivity index (χ1) is 11.1. The topological polar surface area (TPSA) is 122 Å². The zero-order valence-corrected chi connectivity index (χ0v) is 15.6. The molecule has 4 atom stereocenters. The molecule has 0 spiro atoms. The maximum atomic E-state index is 11.3. The highest BCUT2D eigenvalue weighted by molar-refractivity contribution is 7.88. The molecule has 0 amide bonds. The zero-order valence-electron chi connectivity index (χ0n) is 14.0. The van der Waals surface area contributed by atoms with Crippen LogP contribution < -0.4 is 10.0 Å². The molecule has 2 aliphatic carbocycles. The van der Waals surface area contributed by atoms with Crippen molar-refractivity contribution in [2.75, 3.05) is 13.0 Å². The average Bonchev–Trinajstić information content (AvgIpc) is 2.45. The Hall–Kier alpha value is -0.260. The molecule has 0 aromatic rings. The van der Waals surface area contributed by atoms with Crippen LogP contribution in [0.25, 0.3) is 0 Å². The van der Waals surface area contributed by atoms with Crippen LogP contribution in [0.3, 0.4) is 0 Å². The first-order valence-electron chi connectivity index (χ1n) is 8.42. The summed E-state index contributed by atoms with van der Waals surface area (Å²) in [5.74, 6) is 0. The Morgan fingerprint density at radius 2 is 1.67 bits per heavy atom. The summed E-state index contributed by atoms with van der Waals surface area (Å²) in [5, 5.41) is 2.54. The van der Waals surface area contributed by atoms with Gasteiger partial charge in [-0.3, -0.25) is 9.87 Å². The third kappa shape index (κ3) is 6.93. The molecule has 0 saturated heterocycles. The number of sulfonamides is 1. The van der Waals surface area contributed by atoms with Gasteiger partial charge in [0.05, 0.1) is 24.3 Å². The first-order valence-corrected chi connectivity index (χ1v) is 11.8. The number of rotatable bonds is 7. The summed E-state index contributed by atoms with van der Waals surface area (Å²) in [6.07, 6.45) is 6.77. The lowest BCUT2D eigenvalue weighted by Crippen LogP contribution is -2.45. The lowest BCUT2D eigenvalue weighted by Gasteiger charge is -2.31. The Balaban J connectivity index is 1.71. The summed E-state index contributed by atoms with van der Waals surface area (Å²) in [4.78, 5) is 0. The summed E-state index contributed by atoms with van der Waals surface area (Å²) in [5.41, 5.74) is 0. The van der Waals surface area contributed by atoms with Gasteiger partial charge in [-0.25, -0.2) is 13.1 Å². The minimum absolute atomic E-state index is 0.0511. The van der Waals surface area contributed by atoms with E-state index in [1.165, 1.54) is 6.26 Å². The molecule has 2 aliphatic rings. The fourth-order valence-electron chi connectivity index (χ4n) is 3.59. The van der Waals surface area contributed by atoms with Crippen LogP contribution in [0.5, 0.6) is 0 Å². The van der Waals surface area contributed by atoms with E-state index in [0.717, 1.165) is 38.5 Å². The molecule has 0 aromatic carbocycles. The van der Waals surface area contributed by atoms with E-state index in [0.29, 0.717) is 19.6 Å². The van der Waals surface area contributed by atoms with Crippen molar-refractivity contribution in [1.82, 2.24) is 10.0 Å². The van der Waals surface area contributed by atoms with E-state index in [1.54, 1.807) is 0 Å². The molecule has 0 radical (unpaired) electrons. The maximum absolute atomic E-state index is 11.3. The lowest BCUT2D eigenvalue weighted by molar-refractivity contribution is 0.0111. The largest absolute Gasteiger partial charge is 0.363 e. The molecule has 3 N–H and O–H groups in total. The molecule has 0 aromatic heterocycles. The summed E-state index contributed by atoms with van der Waals surface area (Å²) in [6, 6.07) is 0.129. The molecule has 0 aliphatic heterocycles. The summed E-state index contributed by atoms with van der Waals surface area (Å²) >= 11 is 0. The number of ether oxygens (including phenoxy) is 1. The second-order valence-electron chi connectivity index (χ2n) is 6.89. The van der Waals surface area contributed by atoms with Crippen molar-refractivity contribution in [3.05, 3.63) is 0 Å². The Kier molecular flexibility index (Phi) is 7.03. The summed E-state index contributed by atoms with van der Waals surface area (Å²) in [7, 11) is -7.19. The monoisotopic (exact) mass is 384 g/mol. The van der Waals surface area contributed by atoms with Crippen molar-refractivity contribution in [2.45, 2.75) is 74.8 Å². The van der Waals surface area contributed by atoms with Crippen LogP contribution in [-0.2, 0) is 24.9 Å². The molecule has 2 rings (SSSR count). The zero-order chi connectivity index (χ0) is 17.8. The van der Waals surface area contributed by atoms with E-state index in [2.05, 4.69) is 10.0 Å². The minimum Gasteiger partial charge on any atom is -0.363 e. The van der Waals surface area contributed by atoms with Gasteiger partial charge < -0.3 is 4.74 Å². The standard InChI is InChI=1S/C14H28N2O6S2/c1-23(17,18)16-12-5-2-4-11(8-12)15-10-22-13-6-3-7-14(9-13)24(19,20)21/h11-16H,2-10H2,1H3,(H,19,20,21). The van der Waals surface area contributed by atoms with Gasteiger partial charge in [-0.15, -0.1) is 0 Å². The molecular formula is C14H28N2O6S2. The number of hydrogen-bond acceptors (Lipinski definition) is 6. The minimum atomic E-state index is -3.99.